The molecule has 0 heterocycles. The van der Waals surface area contributed by atoms with Crippen LogP contribution in [0.2, 0.25) is 0 Å². The van der Waals surface area contributed by atoms with Crippen molar-refractivity contribution in [2.24, 2.45) is 0 Å². The van der Waals surface area contributed by atoms with E-state index < -0.39 is 10.1 Å². The van der Waals surface area contributed by atoms with Gasteiger partial charge in [0.05, 0.1) is 5.75 Å². The SMILES string of the molecule is CCCCCCCCCCCS(=O)(=O)O.[Na]. The van der Waals surface area contributed by atoms with Gasteiger partial charge in [0.25, 0.3) is 10.1 Å². The van der Waals surface area contributed by atoms with Gasteiger partial charge < -0.3 is 0 Å². The molecule has 0 saturated carbocycles. The van der Waals surface area contributed by atoms with E-state index in [1.54, 1.807) is 0 Å². The molecule has 0 fully saturated rings. The van der Waals surface area contributed by atoms with Gasteiger partial charge >= 0.3 is 0 Å². The van der Waals surface area contributed by atoms with Crippen molar-refractivity contribution in [1.82, 2.24) is 0 Å². The van der Waals surface area contributed by atoms with Crippen LogP contribution in [0.4, 0.5) is 0 Å². The molecule has 5 heteroatoms. The average Bonchev–Trinajstić information content (AvgIpc) is 2.14. The summed E-state index contributed by atoms with van der Waals surface area (Å²) in [5, 5.41) is 0. The van der Waals surface area contributed by atoms with Crippen molar-refractivity contribution in [2.45, 2.75) is 64.7 Å². The maximum Gasteiger partial charge on any atom is 0.264 e. The van der Waals surface area contributed by atoms with Crippen LogP contribution in [0.15, 0.2) is 0 Å². The summed E-state index contributed by atoms with van der Waals surface area (Å²) in [5.74, 6) is -0.0805. The van der Waals surface area contributed by atoms with E-state index in [-0.39, 0.29) is 35.3 Å². The second-order valence-electron chi connectivity index (χ2n) is 4.11. The first-order chi connectivity index (χ1) is 7.06. The molecule has 0 aromatic heterocycles. The first-order valence-electron chi connectivity index (χ1n) is 6.01. The van der Waals surface area contributed by atoms with Crippen molar-refractivity contribution in [2.75, 3.05) is 5.75 Å². The molecule has 0 aliphatic heterocycles. The number of unbranched alkanes of at least 4 members (excludes halogenated alkanes) is 8. The summed E-state index contributed by atoms with van der Waals surface area (Å²) in [6.45, 7) is 2.20. The van der Waals surface area contributed by atoms with Crippen LogP contribution in [-0.4, -0.2) is 48.3 Å². The number of hydrogen-bond donors (Lipinski definition) is 1. The molecule has 0 spiro atoms. The van der Waals surface area contributed by atoms with E-state index in [0.29, 0.717) is 6.42 Å². The Hall–Kier alpha value is 0.910. The van der Waals surface area contributed by atoms with Gasteiger partial charge in [0.2, 0.25) is 0 Å². The Balaban J connectivity index is 0. The predicted molar refractivity (Wildman–Crippen MR) is 69.4 cm³/mol. The van der Waals surface area contributed by atoms with E-state index in [1.807, 2.05) is 0 Å². The summed E-state index contributed by atoms with van der Waals surface area (Å²) in [5.41, 5.74) is 0. The molecule has 1 N–H and O–H groups in total. The molecule has 0 rings (SSSR count). The van der Waals surface area contributed by atoms with Crippen LogP contribution in [0.25, 0.3) is 0 Å². The minimum atomic E-state index is -3.73. The van der Waals surface area contributed by atoms with Gasteiger partial charge in [0.15, 0.2) is 0 Å². The van der Waals surface area contributed by atoms with E-state index in [0.717, 1.165) is 12.8 Å². The maximum atomic E-state index is 10.4. The Labute approximate surface area is 122 Å². The molecule has 0 amide bonds. The molecule has 1 radical (unpaired) electrons. The Kier molecular flexibility index (Phi) is 14.9. The standard InChI is InChI=1S/C11H24O3S.Na/c1-2-3-4-5-6-7-8-9-10-11-15(12,13)14;/h2-11H2,1H3,(H,12,13,14);. The zero-order chi connectivity index (χ0) is 11.6. The minimum absolute atomic E-state index is 0. The van der Waals surface area contributed by atoms with E-state index in [2.05, 4.69) is 6.92 Å². The van der Waals surface area contributed by atoms with Crippen molar-refractivity contribution in [3.63, 3.8) is 0 Å². The third-order valence-corrected chi connectivity index (χ3v) is 3.31. The Morgan fingerprint density at radius 2 is 1.19 bits per heavy atom. The quantitative estimate of drug-likeness (QED) is 0.373. The van der Waals surface area contributed by atoms with Crippen LogP contribution in [0.5, 0.6) is 0 Å². The van der Waals surface area contributed by atoms with Crippen molar-refractivity contribution >= 4 is 39.7 Å². The van der Waals surface area contributed by atoms with Crippen LogP contribution >= 0.6 is 0 Å². The zero-order valence-electron chi connectivity index (χ0n) is 10.7. The normalized spacial score (nSPS) is 11.1. The van der Waals surface area contributed by atoms with Crippen LogP contribution < -0.4 is 0 Å². The molecule has 0 aliphatic carbocycles. The van der Waals surface area contributed by atoms with Gasteiger partial charge in [-0.25, -0.2) is 0 Å². The monoisotopic (exact) mass is 259 g/mol. The summed E-state index contributed by atoms with van der Waals surface area (Å²) in [6.07, 6.45) is 10.2. The van der Waals surface area contributed by atoms with Gasteiger partial charge in [0.1, 0.15) is 0 Å². The average molecular weight is 259 g/mol. The molecule has 0 aromatic rings. The van der Waals surface area contributed by atoms with E-state index in [9.17, 15) is 8.42 Å². The van der Waals surface area contributed by atoms with Crippen molar-refractivity contribution in [1.29, 1.82) is 0 Å². The van der Waals surface area contributed by atoms with Crippen molar-refractivity contribution in [3.8, 4) is 0 Å². The molecular formula is C11H24NaO3S. The van der Waals surface area contributed by atoms with Gasteiger partial charge in [-0.05, 0) is 6.42 Å². The molecule has 0 aromatic carbocycles. The predicted octanol–water partition coefficient (Wildman–Crippen LogP) is 3.02. The van der Waals surface area contributed by atoms with Crippen LogP contribution in [-0.2, 0) is 10.1 Å². The fourth-order valence-electron chi connectivity index (χ4n) is 1.60. The summed E-state index contributed by atoms with van der Waals surface area (Å²) in [4.78, 5) is 0. The summed E-state index contributed by atoms with van der Waals surface area (Å²) in [6, 6.07) is 0. The Bertz CT molecular complexity index is 227. The maximum absolute atomic E-state index is 10.4. The van der Waals surface area contributed by atoms with Gasteiger partial charge in [-0.1, -0.05) is 58.3 Å². The topological polar surface area (TPSA) is 54.4 Å². The zero-order valence-corrected chi connectivity index (χ0v) is 13.6. The van der Waals surface area contributed by atoms with Crippen molar-refractivity contribution in [3.05, 3.63) is 0 Å². The Morgan fingerprint density at radius 3 is 1.56 bits per heavy atom. The van der Waals surface area contributed by atoms with E-state index in [1.165, 1.54) is 38.5 Å². The minimum Gasteiger partial charge on any atom is -0.286 e. The molecule has 0 aliphatic rings. The summed E-state index contributed by atoms with van der Waals surface area (Å²) in [7, 11) is -3.73. The van der Waals surface area contributed by atoms with Gasteiger partial charge in [-0.3, -0.25) is 4.55 Å². The van der Waals surface area contributed by atoms with Gasteiger partial charge in [-0.2, -0.15) is 8.42 Å². The summed E-state index contributed by atoms with van der Waals surface area (Å²) < 4.78 is 29.3. The van der Waals surface area contributed by atoms with Gasteiger partial charge in [-0.15, -0.1) is 0 Å². The van der Waals surface area contributed by atoms with E-state index >= 15 is 0 Å². The van der Waals surface area contributed by atoms with Crippen LogP contribution in [0.3, 0.4) is 0 Å². The second-order valence-corrected chi connectivity index (χ2v) is 5.69. The second kappa shape index (κ2) is 12.4. The van der Waals surface area contributed by atoms with Crippen LogP contribution in [0, 0.1) is 0 Å². The smallest absolute Gasteiger partial charge is 0.264 e. The molecular weight excluding hydrogens is 235 g/mol. The first-order valence-corrected chi connectivity index (χ1v) is 7.62. The number of rotatable bonds is 10. The van der Waals surface area contributed by atoms with Gasteiger partial charge in [0, 0.05) is 29.6 Å². The largest absolute Gasteiger partial charge is 0.286 e. The molecule has 0 atom stereocenters. The Morgan fingerprint density at radius 1 is 0.812 bits per heavy atom. The third-order valence-electron chi connectivity index (χ3n) is 2.51. The third kappa shape index (κ3) is 17.3. The van der Waals surface area contributed by atoms with E-state index in [4.69, 9.17) is 4.55 Å². The molecule has 0 bridgehead atoms. The van der Waals surface area contributed by atoms with Crippen molar-refractivity contribution < 1.29 is 13.0 Å². The fourth-order valence-corrected chi connectivity index (χ4v) is 2.16. The molecule has 0 unspecified atom stereocenters. The first kappa shape index (κ1) is 19.3. The molecule has 3 nitrogen and oxygen atoms in total. The number of hydrogen-bond acceptors (Lipinski definition) is 2. The van der Waals surface area contributed by atoms with Crippen LogP contribution in [0.1, 0.15) is 64.7 Å². The molecule has 93 valence electrons. The fraction of sp³-hybridized carbons (Fsp3) is 1.00. The summed E-state index contributed by atoms with van der Waals surface area (Å²) >= 11 is 0. The molecule has 0 saturated heterocycles. The molecule has 16 heavy (non-hydrogen) atoms.